The van der Waals surface area contributed by atoms with Gasteiger partial charge in [0, 0.05) is 12.6 Å². The highest BCUT2D eigenvalue weighted by Crippen LogP contribution is 2.34. The number of halogens is 2. The lowest BCUT2D eigenvalue weighted by Gasteiger charge is -2.28. The molecule has 19 heavy (non-hydrogen) atoms. The molecule has 0 heterocycles. The molecule has 106 valence electrons. The molecule has 1 aromatic rings. The number of benzene rings is 1. The summed E-state index contributed by atoms with van der Waals surface area (Å²) in [5.74, 6) is -3.76. The van der Waals surface area contributed by atoms with Gasteiger partial charge in [-0.15, -0.1) is 0 Å². The van der Waals surface area contributed by atoms with E-state index in [0.717, 1.165) is 26.3 Å². The van der Waals surface area contributed by atoms with Gasteiger partial charge in [0.1, 0.15) is 5.75 Å². The van der Waals surface area contributed by atoms with E-state index >= 15 is 0 Å². The first-order valence-corrected chi connectivity index (χ1v) is 5.19. The molecular formula is C11H14F2N2O4. The number of nitrogens with two attached hydrogens (primary N) is 1. The number of aliphatic hydroxyl groups excluding tert-OH is 1. The Bertz CT molecular complexity index is 456. The van der Waals surface area contributed by atoms with Crippen LogP contribution < -0.4 is 10.5 Å². The molecule has 0 aliphatic rings. The van der Waals surface area contributed by atoms with Crippen LogP contribution in [-0.2, 0) is 10.8 Å². The van der Waals surface area contributed by atoms with Crippen molar-refractivity contribution in [3.8, 4) is 5.75 Å². The number of carbonyl (C=O) groups excluding carboxylic acids is 1. The second-order valence-electron chi connectivity index (χ2n) is 3.67. The highest BCUT2D eigenvalue weighted by molar-refractivity contribution is 5.68. The maximum absolute atomic E-state index is 14.0. The Morgan fingerprint density at radius 3 is 2.68 bits per heavy atom. The molecule has 1 aromatic carbocycles. The first kappa shape index (κ1) is 15.3. The largest absolute Gasteiger partial charge is 0.410 e. The fourth-order valence-corrected chi connectivity index (χ4v) is 1.36. The fraction of sp³-hybridized carbons (Fsp3) is 0.364. The topological polar surface area (TPSA) is 85.0 Å². The number of alkyl halides is 2. The first-order valence-electron chi connectivity index (χ1n) is 5.19. The Morgan fingerprint density at radius 2 is 2.16 bits per heavy atom. The molecule has 8 heteroatoms. The molecule has 0 aromatic heterocycles. The van der Waals surface area contributed by atoms with Crippen LogP contribution in [-0.4, -0.2) is 36.6 Å². The van der Waals surface area contributed by atoms with E-state index in [4.69, 9.17) is 5.73 Å². The van der Waals surface area contributed by atoms with E-state index in [0.29, 0.717) is 5.06 Å². The number of carbonyl (C=O) groups is 1. The smallest absolute Gasteiger partial charge is 0.409 e. The van der Waals surface area contributed by atoms with E-state index in [-0.39, 0.29) is 5.75 Å². The van der Waals surface area contributed by atoms with Gasteiger partial charge in [-0.1, -0.05) is 12.1 Å². The zero-order valence-electron chi connectivity index (χ0n) is 10.3. The molecule has 0 fully saturated rings. The van der Waals surface area contributed by atoms with Gasteiger partial charge in [-0.3, -0.25) is 4.84 Å². The standard InChI is InChI=1S/C11H14F2N2O4/c1-15(18-2)9(16)11(12,13)7-4-3-5-8(6-7)19-10(14)17/h3-6,9,16H,1-2H3,(H2,14,17). The summed E-state index contributed by atoms with van der Waals surface area (Å²) in [6.07, 6.45) is -3.31. The van der Waals surface area contributed by atoms with E-state index in [1.165, 1.54) is 12.1 Å². The molecule has 0 aliphatic carbocycles. The van der Waals surface area contributed by atoms with Gasteiger partial charge in [-0.2, -0.15) is 13.8 Å². The number of ether oxygens (including phenoxy) is 1. The lowest BCUT2D eigenvalue weighted by molar-refractivity contribution is -0.279. The van der Waals surface area contributed by atoms with Crippen LogP contribution in [0.25, 0.3) is 0 Å². The van der Waals surface area contributed by atoms with Crippen molar-refractivity contribution < 1.29 is 28.3 Å². The number of hydrogen-bond donors (Lipinski definition) is 2. The molecule has 1 amide bonds. The average molecular weight is 276 g/mol. The lowest BCUT2D eigenvalue weighted by Crippen LogP contribution is -2.43. The van der Waals surface area contributed by atoms with E-state index in [1.54, 1.807) is 0 Å². The molecular weight excluding hydrogens is 262 g/mol. The second-order valence-corrected chi connectivity index (χ2v) is 3.67. The fourth-order valence-electron chi connectivity index (χ4n) is 1.36. The lowest BCUT2D eigenvalue weighted by atomic mass is 10.1. The third-order valence-electron chi connectivity index (χ3n) is 2.39. The molecule has 1 rings (SSSR count). The van der Waals surface area contributed by atoms with Gasteiger partial charge in [0.2, 0.25) is 0 Å². The third-order valence-corrected chi connectivity index (χ3v) is 2.39. The van der Waals surface area contributed by atoms with Crippen LogP contribution in [0.3, 0.4) is 0 Å². The summed E-state index contributed by atoms with van der Waals surface area (Å²) < 4.78 is 32.4. The molecule has 3 N–H and O–H groups in total. The summed E-state index contributed by atoms with van der Waals surface area (Å²) in [7, 11) is 2.30. The highest BCUT2D eigenvalue weighted by atomic mass is 19.3. The van der Waals surface area contributed by atoms with Crippen LogP contribution in [0.5, 0.6) is 5.75 Å². The molecule has 6 nitrogen and oxygen atoms in total. The Kier molecular flexibility index (Phi) is 4.76. The van der Waals surface area contributed by atoms with Crippen molar-refractivity contribution in [3.63, 3.8) is 0 Å². The highest BCUT2D eigenvalue weighted by Gasteiger charge is 2.43. The quantitative estimate of drug-likeness (QED) is 0.620. The predicted octanol–water partition coefficient (Wildman–Crippen LogP) is 1.05. The minimum atomic E-state index is -3.62. The van der Waals surface area contributed by atoms with Crippen LogP contribution in [0.15, 0.2) is 24.3 Å². The van der Waals surface area contributed by atoms with Crippen molar-refractivity contribution in [3.05, 3.63) is 29.8 Å². The van der Waals surface area contributed by atoms with Crippen LogP contribution in [0, 0.1) is 0 Å². The van der Waals surface area contributed by atoms with Crippen molar-refractivity contribution in [2.24, 2.45) is 5.73 Å². The normalized spacial score (nSPS) is 13.4. The van der Waals surface area contributed by atoms with Crippen molar-refractivity contribution in [2.75, 3.05) is 14.2 Å². The summed E-state index contributed by atoms with van der Waals surface area (Å²) in [5.41, 5.74) is 4.25. The number of primary amides is 1. The molecule has 0 radical (unpaired) electrons. The minimum Gasteiger partial charge on any atom is -0.410 e. The van der Waals surface area contributed by atoms with E-state index in [9.17, 15) is 18.7 Å². The number of likely N-dealkylation sites (N-methyl/N-ethyl adjacent to an activating group) is 1. The maximum atomic E-state index is 14.0. The number of aliphatic hydroxyl groups is 1. The zero-order valence-corrected chi connectivity index (χ0v) is 10.3. The zero-order chi connectivity index (χ0) is 14.6. The van der Waals surface area contributed by atoms with E-state index in [1.807, 2.05) is 0 Å². The Morgan fingerprint density at radius 1 is 1.53 bits per heavy atom. The third kappa shape index (κ3) is 3.60. The van der Waals surface area contributed by atoms with E-state index < -0.39 is 23.8 Å². The average Bonchev–Trinajstić information content (AvgIpc) is 2.36. The SMILES string of the molecule is CON(C)C(O)C(F)(F)c1cccc(OC(N)=O)c1. The number of rotatable bonds is 5. The number of amides is 1. The van der Waals surface area contributed by atoms with Gasteiger partial charge in [-0.25, -0.2) is 4.79 Å². The van der Waals surface area contributed by atoms with Crippen LogP contribution in [0.1, 0.15) is 5.56 Å². The van der Waals surface area contributed by atoms with Crippen LogP contribution >= 0.6 is 0 Å². The molecule has 0 saturated carbocycles. The summed E-state index contributed by atoms with van der Waals surface area (Å²) in [5, 5.41) is 10.1. The number of hydrogen-bond acceptors (Lipinski definition) is 5. The summed E-state index contributed by atoms with van der Waals surface area (Å²) >= 11 is 0. The molecule has 0 aliphatic heterocycles. The van der Waals surface area contributed by atoms with Crippen LogP contribution in [0.2, 0.25) is 0 Å². The van der Waals surface area contributed by atoms with Gasteiger partial charge in [0.05, 0.1) is 7.11 Å². The predicted molar refractivity (Wildman–Crippen MR) is 61.3 cm³/mol. The Hall–Kier alpha value is -1.77. The van der Waals surface area contributed by atoms with Gasteiger partial charge in [0.25, 0.3) is 0 Å². The Balaban J connectivity index is 3.03. The molecule has 1 unspecified atom stereocenters. The van der Waals surface area contributed by atoms with Gasteiger partial charge < -0.3 is 15.6 Å². The minimum absolute atomic E-state index is 0.142. The molecule has 1 atom stereocenters. The number of nitrogens with zero attached hydrogens (tertiary/aromatic N) is 1. The van der Waals surface area contributed by atoms with Crippen molar-refractivity contribution in [1.82, 2.24) is 5.06 Å². The van der Waals surface area contributed by atoms with Gasteiger partial charge in [-0.05, 0) is 12.1 Å². The second kappa shape index (κ2) is 5.91. The van der Waals surface area contributed by atoms with Crippen molar-refractivity contribution >= 4 is 6.09 Å². The van der Waals surface area contributed by atoms with E-state index in [2.05, 4.69) is 9.57 Å². The van der Waals surface area contributed by atoms with Crippen molar-refractivity contribution in [1.29, 1.82) is 0 Å². The maximum Gasteiger partial charge on any atom is 0.409 e. The molecule has 0 spiro atoms. The first-order chi connectivity index (χ1) is 8.78. The summed E-state index contributed by atoms with van der Waals surface area (Å²) in [4.78, 5) is 15.1. The van der Waals surface area contributed by atoms with Crippen molar-refractivity contribution in [2.45, 2.75) is 12.2 Å². The summed E-state index contributed by atoms with van der Waals surface area (Å²) in [6, 6.07) is 4.54. The number of hydroxylamine groups is 2. The Labute approximate surface area is 108 Å². The summed E-state index contributed by atoms with van der Waals surface area (Å²) in [6.45, 7) is 0. The molecule has 0 saturated heterocycles. The van der Waals surface area contributed by atoms with Gasteiger partial charge >= 0.3 is 12.0 Å². The van der Waals surface area contributed by atoms with Gasteiger partial charge in [0.15, 0.2) is 6.23 Å². The van der Waals surface area contributed by atoms with Crippen LogP contribution in [0.4, 0.5) is 13.6 Å². The monoisotopic (exact) mass is 276 g/mol. The molecule has 0 bridgehead atoms.